The average molecular weight is 246 g/mol. The van der Waals surface area contributed by atoms with Crippen molar-refractivity contribution in [3.05, 3.63) is 47.9 Å². The number of rotatable bonds is 2. The zero-order valence-corrected chi connectivity index (χ0v) is 11.2. The van der Waals surface area contributed by atoms with Gasteiger partial charge in [0, 0.05) is 18.5 Å². The van der Waals surface area contributed by atoms with E-state index in [1.54, 1.807) is 32.8 Å². The number of nitrogens with zero attached hydrogens (tertiary/aromatic N) is 2. The minimum atomic E-state index is 0.667. The van der Waals surface area contributed by atoms with Gasteiger partial charge in [0.05, 0.1) is 20.4 Å². The van der Waals surface area contributed by atoms with E-state index >= 15 is 0 Å². The molecule has 0 amide bonds. The van der Waals surface area contributed by atoms with Crippen molar-refractivity contribution in [1.29, 1.82) is 0 Å². The Morgan fingerprint density at radius 1 is 0.889 bits per heavy atom. The van der Waals surface area contributed by atoms with Crippen LogP contribution in [0, 0.1) is 13.8 Å². The van der Waals surface area contributed by atoms with E-state index < -0.39 is 0 Å². The van der Waals surface area contributed by atoms with Crippen LogP contribution in [0.5, 0.6) is 11.6 Å². The quantitative estimate of drug-likeness (QED) is 0.817. The van der Waals surface area contributed by atoms with E-state index in [2.05, 4.69) is 9.97 Å². The Balaban J connectivity index is 0.000000180. The predicted octanol–water partition coefficient (Wildman–Crippen LogP) is 2.80. The molecular weight excluding hydrogens is 228 g/mol. The van der Waals surface area contributed by atoms with Crippen molar-refractivity contribution in [3.8, 4) is 11.6 Å². The van der Waals surface area contributed by atoms with Gasteiger partial charge in [0.2, 0.25) is 5.88 Å². The van der Waals surface area contributed by atoms with Crippen LogP contribution in [0.15, 0.2) is 36.8 Å². The molecule has 0 radical (unpaired) electrons. The highest BCUT2D eigenvalue weighted by Gasteiger charge is 1.88. The van der Waals surface area contributed by atoms with Gasteiger partial charge in [0.1, 0.15) is 5.75 Å². The molecule has 0 spiro atoms. The molecule has 0 aliphatic heterocycles. The standard InChI is InChI=1S/2C7H9NO/c1-6-3-7(9-2)5-8-4-6;1-6-3-4-7(9-2)8-5-6/h2*3-5H,1-2H3. The van der Waals surface area contributed by atoms with Crippen LogP contribution in [0.4, 0.5) is 0 Å². The van der Waals surface area contributed by atoms with Gasteiger partial charge < -0.3 is 9.47 Å². The summed E-state index contributed by atoms with van der Waals surface area (Å²) in [6.45, 7) is 3.97. The molecule has 0 unspecified atom stereocenters. The monoisotopic (exact) mass is 246 g/mol. The molecule has 2 aromatic heterocycles. The highest BCUT2D eigenvalue weighted by atomic mass is 16.5. The Bertz CT molecular complexity index is 469. The van der Waals surface area contributed by atoms with Crippen LogP contribution >= 0.6 is 0 Å². The lowest BCUT2D eigenvalue weighted by Gasteiger charge is -1.97. The minimum absolute atomic E-state index is 0.667. The lowest BCUT2D eigenvalue weighted by molar-refractivity contribution is 0.397. The molecule has 4 heteroatoms. The van der Waals surface area contributed by atoms with E-state index in [1.165, 1.54) is 0 Å². The van der Waals surface area contributed by atoms with Crippen LogP contribution in [0.3, 0.4) is 0 Å². The highest BCUT2D eigenvalue weighted by Crippen LogP contribution is 2.08. The predicted molar refractivity (Wildman–Crippen MR) is 71.1 cm³/mol. The molecule has 0 fully saturated rings. The maximum Gasteiger partial charge on any atom is 0.212 e. The number of pyridine rings is 2. The summed E-state index contributed by atoms with van der Waals surface area (Å²) in [5, 5.41) is 0. The third kappa shape index (κ3) is 4.82. The molecule has 2 aromatic rings. The molecule has 0 N–H and O–H groups in total. The molecule has 0 aliphatic carbocycles. The van der Waals surface area contributed by atoms with Crippen molar-refractivity contribution >= 4 is 0 Å². The first-order chi connectivity index (χ1) is 8.65. The van der Waals surface area contributed by atoms with Gasteiger partial charge in [-0.25, -0.2) is 4.98 Å². The van der Waals surface area contributed by atoms with Gasteiger partial charge in [-0.3, -0.25) is 4.98 Å². The largest absolute Gasteiger partial charge is 0.495 e. The number of aryl methyl sites for hydroxylation is 2. The number of ether oxygens (including phenoxy) is 2. The fourth-order valence-electron chi connectivity index (χ4n) is 1.21. The van der Waals surface area contributed by atoms with E-state index in [-0.39, 0.29) is 0 Å². The van der Waals surface area contributed by atoms with Crippen molar-refractivity contribution in [3.63, 3.8) is 0 Å². The molecule has 4 nitrogen and oxygen atoms in total. The Morgan fingerprint density at radius 2 is 1.67 bits per heavy atom. The SMILES string of the molecule is COc1ccc(C)cn1.COc1cncc(C)c1. The number of aromatic nitrogens is 2. The van der Waals surface area contributed by atoms with Crippen molar-refractivity contribution in [2.24, 2.45) is 0 Å². The zero-order chi connectivity index (χ0) is 13.4. The Morgan fingerprint density at radius 3 is 2.11 bits per heavy atom. The third-order valence-electron chi connectivity index (χ3n) is 2.18. The Hall–Kier alpha value is -2.10. The van der Waals surface area contributed by atoms with Gasteiger partial charge in [0.15, 0.2) is 0 Å². The minimum Gasteiger partial charge on any atom is -0.495 e. The molecule has 2 heterocycles. The van der Waals surface area contributed by atoms with Gasteiger partial charge in [-0.2, -0.15) is 0 Å². The number of hydrogen-bond acceptors (Lipinski definition) is 4. The van der Waals surface area contributed by atoms with Gasteiger partial charge in [-0.05, 0) is 31.0 Å². The second-order valence-electron chi connectivity index (χ2n) is 3.78. The van der Waals surface area contributed by atoms with Crippen molar-refractivity contribution in [2.45, 2.75) is 13.8 Å². The smallest absolute Gasteiger partial charge is 0.212 e. The fourth-order valence-corrected chi connectivity index (χ4v) is 1.21. The molecule has 0 saturated carbocycles. The van der Waals surface area contributed by atoms with Crippen LogP contribution in [-0.4, -0.2) is 24.2 Å². The van der Waals surface area contributed by atoms with Crippen LogP contribution in [0.25, 0.3) is 0 Å². The fraction of sp³-hybridized carbons (Fsp3) is 0.286. The summed E-state index contributed by atoms with van der Waals surface area (Å²) >= 11 is 0. The molecule has 96 valence electrons. The molecule has 0 bridgehead atoms. The summed E-state index contributed by atoms with van der Waals surface area (Å²) < 4.78 is 9.79. The second kappa shape index (κ2) is 7.27. The van der Waals surface area contributed by atoms with Gasteiger partial charge >= 0.3 is 0 Å². The normalized spacial score (nSPS) is 9.11. The molecule has 0 aliphatic rings. The van der Waals surface area contributed by atoms with Crippen molar-refractivity contribution < 1.29 is 9.47 Å². The van der Waals surface area contributed by atoms with Crippen LogP contribution in [0.1, 0.15) is 11.1 Å². The average Bonchev–Trinajstić information content (AvgIpc) is 2.40. The summed E-state index contributed by atoms with van der Waals surface area (Å²) in [5.74, 6) is 1.48. The summed E-state index contributed by atoms with van der Waals surface area (Å²) in [4.78, 5) is 7.90. The molecule has 18 heavy (non-hydrogen) atoms. The third-order valence-corrected chi connectivity index (χ3v) is 2.18. The first-order valence-electron chi connectivity index (χ1n) is 5.58. The Labute approximate surface area is 108 Å². The van der Waals surface area contributed by atoms with Crippen LogP contribution < -0.4 is 9.47 Å². The maximum absolute atomic E-state index is 4.93. The lowest BCUT2D eigenvalue weighted by atomic mass is 10.3. The summed E-state index contributed by atoms with van der Waals surface area (Å²) in [6.07, 6.45) is 5.26. The molecule has 2 rings (SSSR count). The number of hydrogen-bond donors (Lipinski definition) is 0. The molecule has 0 aromatic carbocycles. The molecule has 0 saturated heterocycles. The molecule has 0 atom stereocenters. The first-order valence-corrected chi connectivity index (χ1v) is 5.58. The van der Waals surface area contributed by atoms with E-state index in [4.69, 9.17) is 9.47 Å². The highest BCUT2D eigenvalue weighted by molar-refractivity contribution is 5.21. The Kier molecular flexibility index (Phi) is 5.64. The van der Waals surface area contributed by atoms with Crippen LogP contribution in [0.2, 0.25) is 0 Å². The van der Waals surface area contributed by atoms with E-state index in [0.717, 1.165) is 16.9 Å². The summed E-state index contributed by atoms with van der Waals surface area (Å²) in [5.41, 5.74) is 2.27. The van der Waals surface area contributed by atoms with E-state index in [9.17, 15) is 0 Å². The lowest BCUT2D eigenvalue weighted by Crippen LogP contribution is -1.85. The van der Waals surface area contributed by atoms with Crippen molar-refractivity contribution in [1.82, 2.24) is 9.97 Å². The van der Waals surface area contributed by atoms with E-state index in [1.807, 2.05) is 32.0 Å². The van der Waals surface area contributed by atoms with Gasteiger partial charge in [-0.1, -0.05) is 6.07 Å². The summed E-state index contributed by atoms with van der Waals surface area (Å²) in [6, 6.07) is 5.74. The maximum atomic E-state index is 4.93. The van der Waals surface area contributed by atoms with Gasteiger partial charge in [0.25, 0.3) is 0 Å². The zero-order valence-electron chi connectivity index (χ0n) is 11.2. The topological polar surface area (TPSA) is 44.2 Å². The first kappa shape index (κ1) is 14.0. The van der Waals surface area contributed by atoms with E-state index in [0.29, 0.717) is 5.88 Å². The van der Waals surface area contributed by atoms with Crippen molar-refractivity contribution in [2.75, 3.05) is 14.2 Å². The second-order valence-corrected chi connectivity index (χ2v) is 3.78. The number of methoxy groups -OCH3 is 2. The van der Waals surface area contributed by atoms with Crippen LogP contribution in [-0.2, 0) is 0 Å². The van der Waals surface area contributed by atoms with Gasteiger partial charge in [-0.15, -0.1) is 0 Å². The molecular formula is C14H18N2O2. The summed E-state index contributed by atoms with van der Waals surface area (Å²) in [7, 11) is 3.24.